The van der Waals surface area contributed by atoms with Gasteiger partial charge in [0.2, 0.25) is 0 Å². The van der Waals surface area contributed by atoms with Crippen molar-refractivity contribution in [2.75, 3.05) is 6.54 Å². The Morgan fingerprint density at radius 3 is 2.38 bits per heavy atom. The van der Waals surface area contributed by atoms with Crippen LogP contribution in [-0.2, 0) is 16.1 Å². The summed E-state index contributed by atoms with van der Waals surface area (Å²) in [5.74, 6) is -0.994. The van der Waals surface area contributed by atoms with Crippen LogP contribution in [0.25, 0.3) is 5.76 Å². The van der Waals surface area contributed by atoms with Gasteiger partial charge in [-0.3, -0.25) is 9.59 Å². The number of carbonyl (C=O) groups excluding carboxylic acids is 2. The molecule has 1 aliphatic heterocycles. The Morgan fingerprint density at radius 2 is 1.75 bits per heavy atom. The van der Waals surface area contributed by atoms with E-state index >= 15 is 0 Å². The van der Waals surface area contributed by atoms with Gasteiger partial charge < -0.3 is 14.6 Å². The van der Waals surface area contributed by atoms with Crippen molar-refractivity contribution in [1.29, 1.82) is 0 Å². The summed E-state index contributed by atoms with van der Waals surface area (Å²) in [4.78, 5) is 31.7. The van der Waals surface area contributed by atoms with Gasteiger partial charge in [0.15, 0.2) is 0 Å². The van der Waals surface area contributed by atoms with Gasteiger partial charge in [0.05, 0.1) is 17.9 Å². The smallest absolute Gasteiger partial charge is 0.295 e. The number of rotatable bonds is 7. The highest BCUT2D eigenvalue weighted by atomic mass is 16.3. The predicted octanol–water partition coefficient (Wildman–Crippen LogP) is 4.52. The second kappa shape index (κ2) is 9.22. The van der Waals surface area contributed by atoms with Crippen molar-refractivity contribution in [1.82, 2.24) is 14.5 Å². The van der Waals surface area contributed by atoms with Gasteiger partial charge in [-0.25, -0.2) is 4.98 Å². The topological polar surface area (TPSA) is 75.4 Å². The number of hydrogen-bond donors (Lipinski definition) is 1. The monoisotopic (exact) mass is 429 g/mol. The fraction of sp³-hybridized carbons (Fsp3) is 0.269. The lowest BCUT2D eigenvalue weighted by Gasteiger charge is -2.25. The Balaban J connectivity index is 1.72. The first-order valence-electron chi connectivity index (χ1n) is 10.9. The minimum Gasteiger partial charge on any atom is -0.507 e. The molecule has 3 aromatic rings. The lowest BCUT2D eigenvalue weighted by atomic mass is 9.93. The summed E-state index contributed by atoms with van der Waals surface area (Å²) in [5, 5.41) is 11.0. The lowest BCUT2D eigenvalue weighted by Crippen LogP contribution is -2.31. The molecule has 1 N–H and O–H groups in total. The number of likely N-dealkylation sites (tertiary alicyclic amines) is 1. The van der Waals surface area contributed by atoms with E-state index in [1.807, 2.05) is 41.1 Å². The third-order valence-electron chi connectivity index (χ3n) is 5.88. The van der Waals surface area contributed by atoms with Crippen LogP contribution in [0, 0.1) is 0 Å². The Kier molecular flexibility index (Phi) is 6.21. The summed E-state index contributed by atoms with van der Waals surface area (Å²) < 4.78 is 1.94. The number of aryl methyl sites for hydroxylation is 1. The minimum atomic E-state index is -0.646. The number of carbonyl (C=O) groups is 2. The zero-order valence-electron chi connectivity index (χ0n) is 18.3. The van der Waals surface area contributed by atoms with E-state index in [2.05, 4.69) is 18.8 Å². The second-order valence-electron chi connectivity index (χ2n) is 8.33. The van der Waals surface area contributed by atoms with E-state index in [-0.39, 0.29) is 11.3 Å². The molecule has 2 aromatic carbocycles. The van der Waals surface area contributed by atoms with E-state index in [1.165, 1.54) is 5.56 Å². The van der Waals surface area contributed by atoms with E-state index in [0.29, 0.717) is 31.0 Å². The zero-order chi connectivity index (χ0) is 22.7. The highest BCUT2D eigenvalue weighted by Crippen LogP contribution is 2.39. The van der Waals surface area contributed by atoms with E-state index in [4.69, 9.17) is 0 Å². The molecule has 0 spiro atoms. The molecule has 6 heteroatoms. The summed E-state index contributed by atoms with van der Waals surface area (Å²) in [6.07, 6.45) is 5.97. The Bertz CT molecular complexity index is 1120. The highest BCUT2D eigenvalue weighted by Gasteiger charge is 2.45. The second-order valence-corrected chi connectivity index (χ2v) is 8.33. The fourth-order valence-corrected chi connectivity index (χ4v) is 4.11. The average molecular weight is 430 g/mol. The molecule has 0 aliphatic carbocycles. The molecule has 4 rings (SSSR count). The molecule has 6 nitrogen and oxygen atoms in total. The molecule has 1 atom stereocenters. The first-order chi connectivity index (χ1) is 15.5. The molecular weight excluding hydrogens is 402 g/mol. The number of aliphatic hydroxyl groups excluding tert-OH is 1. The molecule has 0 radical (unpaired) electrons. The van der Waals surface area contributed by atoms with Crippen molar-refractivity contribution in [3.05, 3.63) is 95.6 Å². The van der Waals surface area contributed by atoms with Crippen LogP contribution in [0.1, 0.15) is 48.9 Å². The number of benzene rings is 2. The van der Waals surface area contributed by atoms with Crippen LogP contribution >= 0.6 is 0 Å². The van der Waals surface area contributed by atoms with E-state index < -0.39 is 17.7 Å². The van der Waals surface area contributed by atoms with Gasteiger partial charge in [-0.1, -0.05) is 68.4 Å². The van der Waals surface area contributed by atoms with Crippen molar-refractivity contribution in [3.8, 4) is 0 Å². The van der Waals surface area contributed by atoms with Crippen LogP contribution in [0.3, 0.4) is 0 Å². The number of amides is 1. The molecule has 0 bridgehead atoms. The third-order valence-corrected chi connectivity index (χ3v) is 5.88. The number of imidazole rings is 1. The maximum absolute atomic E-state index is 13.1. The van der Waals surface area contributed by atoms with Crippen molar-refractivity contribution < 1.29 is 14.7 Å². The highest BCUT2D eigenvalue weighted by molar-refractivity contribution is 6.46. The number of aliphatic hydroxyl groups is 1. The molecule has 164 valence electrons. The number of Topliss-reactive ketones (excluding diaryl/α,β-unsaturated/α-hetero) is 1. The summed E-state index contributed by atoms with van der Waals surface area (Å²) >= 11 is 0. The summed E-state index contributed by atoms with van der Waals surface area (Å²) in [6.45, 7) is 5.31. The van der Waals surface area contributed by atoms with Crippen LogP contribution in [0.2, 0.25) is 0 Å². The van der Waals surface area contributed by atoms with Gasteiger partial charge in [0.1, 0.15) is 5.76 Å². The first-order valence-corrected chi connectivity index (χ1v) is 10.9. The Labute approximate surface area is 187 Å². The quantitative estimate of drug-likeness (QED) is 0.340. The predicted molar refractivity (Wildman–Crippen MR) is 123 cm³/mol. The molecule has 1 aromatic heterocycles. The molecule has 1 saturated heterocycles. The van der Waals surface area contributed by atoms with Gasteiger partial charge in [-0.15, -0.1) is 0 Å². The third kappa shape index (κ3) is 4.21. The van der Waals surface area contributed by atoms with Gasteiger partial charge in [0, 0.05) is 31.0 Å². The van der Waals surface area contributed by atoms with E-state index in [1.54, 1.807) is 41.7 Å². The fourth-order valence-electron chi connectivity index (χ4n) is 4.11. The van der Waals surface area contributed by atoms with Crippen LogP contribution in [0.5, 0.6) is 0 Å². The molecule has 1 amide bonds. The maximum Gasteiger partial charge on any atom is 0.295 e. The van der Waals surface area contributed by atoms with Crippen molar-refractivity contribution in [2.45, 2.75) is 38.8 Å². The molecule has 2 heterocycles. The number of nitrogens with zero attached hydrogens (tertiary/aromatic N) is 3. The lowest BCUT2D eigenvalue weighted by molar-refractivity contribution is -0.139. The number of aromatic nitrogens is 2. The minimum absolute atomic E-state index is 0.140. The van der Waals surface area contributed by atoms with Crippen molar-refractivity contribution in [3.63, 3.8) is 0 Å². The van der Waals surface area contributed by atoms with Crippen LogP contribution in [0.4, 0.5) is 0 Å². The molecule has 1 unspecified atom stereocenters. The van der Waals surface area contributed by atoms with Crippen LogP contribution < -0.4 is 0 Å². The molecule has 0 saturated carbocycles. The molecule has 1 aliphatic rings. The van der Waals surface area contributed by atoms with Gasteiger partial charge in [-0.2, -0.15) is 0 Å². The molecular formula is C26H27N3O3. The maximum atomic E-state index is 13.1. The SMILES string of the molecule is CC(C)c1ccc(C2C(=C(O)c3ccccc3)C(=O)C(=O)N2CCCn2ccnc2)cc1. The van der Waals surface area contributed by atoms with Crippen LogP contribution in [-0.4, -0.2) is 37.8 Å². The summed E-state index contributed by atoms with van der Waals surface area (Å²) in [5.41, 5.74) is 2.65. The average Bonchev–Trinajstić information content (AvgIpc) is 3.41. The Morgan fingerprint density at radius 1 is 1.03 bits per heavy atom. The zero-order valence-corrected chi connectivity index (χ0v) is 18.3. The summed E-state index contributed by atoms with van der Waals surface area (Å²) in [6, 6.07) is 16.2. The molecule has 32 heavy (non-hydrogen) atoms. The van der Waals surface area contributed by atoms with E-state index in [9.17, 15) is 14.7 Å². The van der Waals surface area contributed by atoms with Gasteiger partial charge >= 0.3 is 0 Å². The van der Waals surface area contributed by atoms with E-state index in [0.717, 1.165) is 5.56 Å². The number of ketones is 1. The first kappa shape index (κ1) is 21.6. The molecule has 1 fully saturated rings. The Hall–Kier alpha value is -3.67. The van der Waals surface area contributed by atoms with Crippen molar-refractivity contribution >= 4 is 17.4 Å². The summed E-state index contributed by atoms with van der Waals surface area (Å²) in [7, 11) is 0. The normalized spacial score (nSPS) is 18.0. The largest absolute Gasteiger partial charge is 0.507 e. The number of hydrogen-bond acceptors (Lipinski definition) is 4. The van der Waals surface area contributed by atoms with Crippen LogP contribution in [0.15, 0.2) is 78.9 Å². The van der Waals surface area contributed by atoms with Crippen molar-refractivity contribution in [2.24, 2.45) is 0 Å². The standard InChI is InChI=1S/C26H27N3O3/c1-18(2)19-9-11-20(12-10-19)23-22(24(30)21-7-4-3-5-8-21)25(31)26(32)29(23)15-6-14-28-16-13-27-17-28/h3-5,7-13,16-18,23,30H,6,14-15H2,1-2H3. The van der Waals surface area contributed by atoms with Gasteiger partial charge in [0.25, 0.3) is 11.7 Å². The van der Waals surface area contributed by atoms with Gasteiger partial charge in [-0.05, 0) is 23.5 Å².